The van der Waals surface area contributed by atoms with Gasteiger partial charge in [0.25, 0.3) is 0 Å². The lowest BCUT2D eigenvalue weighted by Gasteiger charge is -1.98. The quantitative estimate of drug-likeness (QED) is 0.677. The fraction of sp³-hybridized carbons (Fsp3) is 0. The normalized spacial score (nSPS) is 11.0. The monoisotopic (exact) mass is 262 g/mol. The third-order valence-corrected chi connectivity index (χ3v) is 2.89. The van der Waals surface area contributed by atoms with Crippen LogP contribution in [0, 0.1) is 5.82 Å². The van der Waals surface area contributed by atoms with E-state index in [2.05, 4.69) is 4.98 Å². The van der Waals surface area contributed by atoms with Crippen LogP contribution in [-0.2, 0) is 0 Å². The number of hydrogen-bond acceptors (Lipinski definition) is 3. The summed E-state index contributed by atoms with van der Waals surface area (Å²) in [5.41, 5.74) is 7.58. The number of rotatable bonds is 1. The van der Waals surface area contributed by atoms with E-state index in [1.165, 1.54) is 6.07 Å². The van der Waals surface area contributed by atoms with Crippen LogP contribution in [0.4, 0.5) is 10.1 Å². The Morgan fingerprint density at radius 3 is 2.89 bits per heavy atom. The molecule has 2 aromatic carbocycles. The first-order chi connectivity index (χ1) is 8.65. The Balaban J connectivity index is 2.22. The average Bonchev–Trinajstić information content (AvgIpc) is 2.75. The van der Waals surface area contributed by atoms with Crippen molar-refractivity contribution in [1.29, 1.82) is 0 Å². The molecule has 0 aliphatic rings. The zero-order valence-electron chi connectivity index (χ0n) is 9.15. The van der Waals surface area contributed by atoms with Crippen molar-refractivity contribution in [3.05, 3.63) is 47.2 Å². The van der Waals surface area contributed by atoms with Crippen molar-refractivity contribution in [3.8, 4) is 11.5 Å². The van der Waals surface area contributed by atoms with Gasteiger partial charge in [0.05, 0.1) is 10.6 Å². The minimum Gasteiger partial charge on any atom is -0.436 e. The van der Waals surface area contributed by atoms with Gasteiger partial charge in [-0.3, -0.25) is 0 Å². The van der Waals surface area contributed by atoms with Crippen LogP contribution in [0.5, 0.6) is 0 Å². The number of oxazole rings is 1. The molecule has 0 saturated carbocycles. The van der Waals surface area contributed by atoms with Crippen LogP contribution in [0.25, 0.3) is 22.6 Å². The number of hydrogen-bond donors (Lipinski definition) is 1. The predicted molar refractivity (Wildman–Crippen MR) is 68.8 cm³/mol. The summed E-state index contributed by atoms with van der Waals surface area (Å²) in [5.74, 6) is -0.353. The van der Waals surface area contributed by atoms with Crippen molar-refractivity contribution in [1.82, 2.24) is 4.98 Å². The Morgan fingerprint density at radius 2 is 2.06 bits per heavy atom. The number of anilines is 1. The minimum atomic E-state index is -0.543. The van der Waals surface area contributed by atoms with Gasteiger partial charge in [-0.25, -0.2) is 9.37 Å². The Morgan fingerprint density at radius 1 is 1.22 bits per heavy atom. The molecule has 0 amide bonds. The molecule has 0 radical (unpaired) electrons. The maximum absolute atomic E-state index is 13.8. The summed E-state index contributed by atoms with van der Waals surface area (Å²) in [4.78, 5) is 4.21. The van der Waals surface area contributed by atoms with Crippen LogP contribution in [0.1, 0.15) is 0 Å². The predicted octanol–water partition coefficient (Wildman–Crippen LogP) is 3.87. The second kappa shape index (κ2) is 3.99. The Kier molecular flexibility index (Phi) is 2.45. The first kappa shape index (κ1) is 11.0. The van der Waals surface area contributed by atoms with Gasteiger partial charge in [0.1, 0.15) is 5.52 Å². The lowest BCUT2D eigenvalue weighted by molar-refractivity contribution is 0.594. The van der Waals surface area contributed by atoms with Crippen molar-refractivity contribution in [3.63, 3.8) is 0 Å². The summed E-state index contributed by atoms with van der Waals surface area (Å²) >= 11 is 5.72. The van der Waals surface area contributed by atoms with E-state index in [0.717, 1.165) is 0 Å². The number of fused-ring (bicyclic) bond motifs is 1. The number of nitrogens with two attached hydrogens (primary N) is 1. The highest BCUT2D eigenvalue weighted by atomic mass is 35.5. The van der Waals surface area contributed by atoms with Gasteiger partial charge >= 0.3 is 0 Å². The van der Waals surface area contributed by atoms with Gasteiger partial charge in [0.2, 0.25) is 5.89 Å². The Labute approximate surface area is 107 Å². The topological polar surface area (TPSA) is 52.0 Å². The van der Waals surface area contributed by atoms with E-state index >= 15 is 0 Å². The van der Waals surface area contributed by atoms with Gasteiger partial charge < -0.3 is 10.2 Å². The highest BCUT2D eigenvalue weighted by molar-refractivity contribution is 6.31. The lowest BCUT2D eigenvalue weighted by atomic mass is 10.2. The van der Waals surface area contributed by atoms with Crippen LogP contribution >= 0.6 is 11.6 Å². The van der Waals surface area contributed by atoms with Gasteiger partial charge in [-0.1, -0.05) is 17.7 Å². The molecule has 3 nitrogen and oxygen atoms in total. The molecule has 2 N–H and O–H groups in total. The van der Waals surface area contributed by atoms with E-state index in [9.17, 15) is 4.39 Å². The lowest BCUT2D eigenvalue weighted by Crippen LogP contribution is -1.84. The molecule has 3 rings (SSSR count). The molecule has 0 aliphatic carbocycles. The Bertz CT molecular complexity index is 739. The summed E-state index contributed by atoms with van der Waals surface area (Å²) in [6.07, 6.45) is 0. The number of nitrogens with zero attached hydrogens (tertiary/aromatic N) is 1. The molecule has 3 aromatic rings. The van der Waals surface area contributed by atoms with Gasteiger partial charge in [-0.15, -0.1) is 0 Å². The van der Waals surface area contributed by atoms with Crippen LogP contribution < -0.4 is 5.73 Å². The van der Waals surface area contributed by atoms with Crippen LogP contribution in [0.3, 0.4) is 0 Å². The standard InChI is InChI=1S/C13H8ClFN2O/c14-9-3-1-2-8(12(9)15)13-17-10-5-4-7(16)6-11(10)18-13/h1-6H,16H2. The summed E-state index contributed by atoms with van der Waals surface area (Å²) < 4.78 is 19.3. The zero-order valence-corrected chi connectivity index (χ0v) is 9.91. The zero-order chi connectivity index (χ0) is 12.7. The van der Waals surface area contributed by atoms with E-state index in [1.54, 1.807) is 30.3 Å². The first-order valence-corrected chi connectivity index (χ1v) is 5.63. The van der Waals surface area contributed by atoms with Gasteiger partial charge in [0.15, 0.2) is 11.4 Å². The minimum absolute atomic E-state index is 0.0364. The molecule has 0 spiro atoms. The second-order valence-corrected chi connectivity index (χ2v) is 4.25. The first-order valence-electron chi connectivity index (χ1n) is 5.25. The van der Waals surface area contributed by atoms with Crippen LogP contribution in [-0.4, -0.2) is 4.98 Å². The molecule has 90 valence electrons. The van der Waals surface area contributed by atoms with Gasteiger partial charge in [-0.05, 0) is 24.3 Å². The smallest absolute Gasteiger partial charge is 0.230 e. The van der Waals surface area contributed by atoms with Crippen molar-refractivity contribution >= 4 is 28.4 Å². The maximum atomic E-state index is 13.8. The molecule has 0 unspecified atom stereocenters. The Hall–Kier alpha value is -2.07. The van der Waals surface area contributed by atoms with E-state index in [0.29, 0.717) is 16.8 Å². The van der Waals surface area contributed by atoms with Crippen LogP contribution in [0.15, 0.2) is 40.8 Å². The van der Waals surface area contributed by atoms with Crippen molar-refractivity contribution in [2.24, 2.45) is 0 Å². The molecule has 1 heterocycles. The summed E-state index contributed by atoms with van der Waals surface area (Å²) in [6.45, 7) is 0. The maximum Gasteiger partial charge on any atom is 0.230 e. The fourth-order valence-corrected chi connectivity index (χ4v) is 1.90. The van der Waals surface area contributed by atoms with Gasteiger partial charge in [-0.2, -0.15) is 0 Å². The molecular formula is C13H8ClFN2O. The SMILES string of the molecule is Nc1ccc2nc(-c3cccc(Cl)c3F)oc2c1. The number of halogens is 2. The average molecular weight is 263 g/mol. The molecule has 0 saturated heterocycles. The highest BCUT2D eigenvalue weighted by Crippen LogP contribution is 2.30. The van der Waals surface area contributed by atoms with Crippen molar-refractivity contribution in [2.45, 2.75) is 0 Å². The molecule has 0 atom stereocenters. The van der Waals surface area contributed by atoms with Crippen molar-refractivity contribution in [2.75, 3.05) is 5.73 Å². The summed E-state index contributed by atoms with van der Waals surface area (Å²) in [7, 11) is 0. The van der Waals surface area contributed by atoms with Gasteiger partial charge in [0, 0.05) is 11.8 Å². The molecule has 1 aromatic heterocycles. The molecule has 5 heteroatoms. The molecule has 0 bridgehead atoms. The van der Waals surface area contributed by atoms with E-state index in [4.69, 9.17) is 21.8 Å². The van der Waals surface area contributed by atoms with E-state index < -0.39 is 5.82 Å². The number of nitrogen functional groups attached to an aromatic ring is 1. The summed E-state index contributed by atoms with van der Waals surface area (Å²) in [5, 5.41) is 0.0364. The molecule has 0 aliphatic heterocycles. The highest BCUT2D eigenvalue weighted by Gasteiger charge is 2.14. The largest absolute Gasteiger partial charge is 0.436 e. The number of aromatic nitrogens is 1. The van der Waals surface area contributed by atoms with Crippen molar-refractivity contribution < 1.29 is 8.81 Å². The van der Waals surface area contributed by atoms with Crippen LogP contribution in [0.2, 0.25) is 5.02 Å². The van der Waals surface area contributed by atoms with E-state index in [-0.39, 0.29) is 16.5 Å². The fourth-order valence-electron chi connectivity index (χ4n) is 1.73. The third-order valence-electron chi connectivity index (χ3n) is 2.59. The third kappa shape index (κ3) is 1.71. The second-order valence-electron chi connectivity index (χ2n) is 3.85. The molecule has 0 fully saturated rings. The summed E-state index contributed by atoms with van der Waals surface area (Å²) in [6, 6.07) is 9.76. The number of benzene rings is 2. The van der Waals surface area contributed by atoms with E-state index in [1.807, 2.05) is 0 Å². The molecule has 18 heavy (non-hydrogen) atoms. The molecular weight excluding hydrogens is 255 g/mol.